The van der Waals surface area contributed by atoms with Crippen LogP contribution < -0.4 is 5.73 Å². The van der Waals surface area contributed by atoms with E-state index in [1.165, 1.54) is 6.20 Å². The number of nitrogens with two attached hydrogens (primary N) is 1. The van der Waals surface area contributed by atoms with Crippen molar-refractivity contribution < 1.29 is 9.59 Å². The molecule has 4 heterocycles. The molecule has 3 aromatic heterocycles. The Balaban J connectivity index is 1.21. The lowest BCUT2D eigenvalue weighted by atomic mass is 10.1. The summed E-state index contributed by atoms with van der Waals surface area (Å²) in [5, 5.41) is 5.35. The van der Waals surface area contributed by atoms with Gasteiger partial charge in [0.2, 0.25) is 11.7 Å². The van der Waals surface area contributed by atoms with Crippen LogP contribution in [0.4, 0.5) is 5.82 Å². The number of benzene rings is 2. The molecule has 1 amide bonds. The molecule has 1 saturated heterocycles. The first-order chi connectivity index (χ1) is 17.9. The van der Waals surface area contributed by atoms with E-state index < -0.39 is 0 Å². The van der Waals surface area contributed by atoms with Crippen LogP contribution in [0.25, 0.3) is 27.6 Å². The first-order valence-corrected chi connectivity index (χ1v) is 12.3. The Labute approximate surface area is 213 Å². The first-order valence-electron chi connectivity index (χ1n) is 12.3. The molecule has 1 fully saturated rings. The van der Waals surface area contributed by atoms with Crippen LogP contribution in [0.5, 0.6) is 0 Å². The number of hydrogen-bond donors (Lipinski definition) is 3. The average Bonchev–Trinajstić information content (AvgIpc) is 3.58. The van der Waals surface area contributed by atoms with Gasteiger partial charge in [-0.3, -0.25) is 14.5 Å². The van der Waals surface area contributed by atoms with E-state index in [2.05, 4.69) is 37.1 Å². The van der Waals surface area contributed by atoms with Gasteiger partial charge in [0.15, 0.2) is 0 Å². The van der Waals surface area contributed by atoms with E-state index in [9.17, 15) is 9.59 Å². The number of aromatic nitrogens is 5. The predicted molar refractivity (Wildman–Crippen MR) is 142 cm³/mol. The molecule has 0 atom stereocenters. The van der Waals surface area contributed by atoms with Gasteiger partial charge in [-0.05, 0) is 42.8 Å². The number of hydrogen-bond acceptors (Lipinski definition) is 6. The van der Waals surface area contributed by atoms with Gasteiger partial charge in [0.1, 0.15) is 11.6 Å². The van der Waals surface area contributed by atoms with Crippen molar-refractivity contribution in [3.05, 3.63) is 71.3 Å². The lowest BCUT2D eigenvalue weighted by Gasteiger charge is -2.34. The third-order valence-corrected chi connectivity index (χ3v) is 7.03. The number of ketones is 1. The Morgan fingerprint density at radius 1 is 1.00 bits per heavy atom. The van der Waals surface area contributed by atoms with Crippen molar-refractivity contribution in [2.45, 2.75) is 20.4 Å². The molecular formula is C27H28N8O2. The van der Waals surface area contributed by atoms with Gasteiger partial charge in [0.25, 0.3) is 0 Å². The van der Waals surface area contributed by atoms with E-state index in [-0.39, 0.29) is 17.5 Å². The van der Waals surface area contributed by atoms with Crippen molar-refractivity contribution in [1.82, 2.24) is 34.5 Å². The fraction of sp³-hybridized carbons (Fsp3) is 0.259. The predicted octanol–water partition coefficient (Wildman–Crippen LogP) is 3.02. The summed E-state index contributed by atoms with van der Waals surface area (Å²) < 4.78 is 1.56. The van der Waals surface area contributed by atoms with Crippen LogP contribution in [-0.4, -0.2) is 72.4 Å². The van der Waals surface area contributed by atoms with Gasteiger partial charge >= 0.3 is 0 Å². The Morgan fingerprint density at radius 3 is 2.59 bits per heavy atom. The van der Waals surface area contributed by atoms with Gasteiger partial charge in [-0.15, -0.1) is 0 Å². The summed E-state index contributed by atoms with van der Waals surface area (Å²) in [6.45, 7) is 7.52. The van der Waals surface area contributed by atoms with Crippen molar-refractivity contribution in [3.63, 3.8) is 0 Å². The van der Waals surface area contributed by atoms with E-state index in [0.717, 1.165) is 71.7 Å². The number of nitrogens with zero attached hydrogens (tertiary/aromatic N) is 5. The van der Waals surface area contributed by atoms with Gasteiger partial charge in [-0.1, -0.05) is 12.1 Å². The molecule has 0 saturated carbocycles. The third kappa shape index (κ3) is 4.25. The molecule has 0 unspecified atom stereocenters. The maximum absolute atomic E-state index is 13.4. The molecule has 1 aliphatic rings. The van der Waals surface area contributed by atoms with Crippen molar-refractivity contribution >= 4 is 39.4 Å². The first kappa shape index (κ1) is 23.0. The number of anilines is 1. The molecule has 2 aromatic carbocycles. The van der Waals surface area contributed by atoms with Crippen molar-refractivity contribution in [2.75, 3.05) is 31.9 Å². The van der Waals surface area contributed by atoms with E-state index in [1.807, 2.05) is 42.2 Å². The number of amides is 1. The van der Waals surface area contributed by atoms with Gasteiger partial charge in [-0.2, -0.15) is 5.10 Å². The number of imidazole rings is 1. The van der Waals surface area contributed by atoms with Gasteiger partial charge in [0.05, 0.1) is 34.2 Å². The number of rotatable bonds is 5. The number of carbonyl (C=O) groups excluding carboxylic acids is 2. The zero-order valence-electron chi connectivity index (χ0n) is 20.8. The highest BCUT2D eigenvalue weighted by Crippen LogP contribution is 2.25. The lowest BCUT2D eigenvalue weighted by Crippen LogP contribution is -2.47. The van der Waals surface area contributed by atoms with Crippen LogP contribution in [0.3, 0.4) is 0 Å². The van der Waals surface area contributed by atoms with Crippen molar-refractivity contribution in [1.29, 1.82) is 0 Å². The maximum Gasteiger partial charge on any atom is 0.219 e. The van der Waals surface area contributed by atoms with E-state index in [1.54, 1.807) is 11.6 Å². The number of aromatic amines is 2. The fourth-order valence-electron chi connectivity index (χ4n) is 5.01. The summed E-state index contributed by atoms with van der Waals surface area (Å²) in [6.07, 6.45) is 1.51. The van der Waals surface area contributed by atoms with Crippen LogP contribution in [0.15, 0.2) is 48.7 Å². The number of aryl methyl sites for hydroxylation is 1. The van der Waals surface area contributed by atoms with Gasteiger partial charge < -0.3 is 20.6 Å². The summed E-state index contributed by atoms with van der Waals surface area (Å²) in [6, 6.07) is 13.7. The highest BCUT2D eigenvalue weighted by molar-refractivity contribution is 6.12. The number of H-pyrrole nitrogens is 2. The largest absolute Gasteiger partial charge is 0.383 e. The zero-order chi connectivity index (χ0) is 25.7. The Morgan fingerprint density at radius 2 is 1.81 bits per heavy atom. The second-order valence-electron chi connectivity index (χ2n) is 9.59. The molecule has 10 heteroatoms. The summed E-state index contributed by atoms with van der Waals surface area (Å²) in [5.74, 6) is 1.03. The molecule has 0 aliphatic carbocycles. The number of nitrogens with one attached hydrogen (secondary N) is 2. The summed E-state index contributed by atoms with van der Waals surface area (Å²) in [7, 11) is 0. The van der Waals surface area contributed by atoms with Gasteiger partial charge in [-0.25, -0.2) is 9.67 Å². The quantitative estimate of drug-likeness (QED) is 0.321. The molecule has 0 bridgehead atoms. The topological polar surface area (TPSA) is 129 Å². The third-order valence-electron chi connectivity index (χ3n) is 7.03. The number of carbonyl (C=O) groups is 2. The van der Waals surface area contributed by atoms with Crippen LogP contribution in [0.2, 0.25) is 0 Å². The van der Waals surface area contributed by atoms with E-state index in [4.69, 9.17) is 5.73 Å². The highest BCUT2D eigenvalue weighted by atomic mass is 16.2. The average molecular weight is 497 g/mol. The highest BCUT2D eigenvalue weighted by Gasteiger charge is 2.21. The van der Waals surface area contributed by atoms with E-state index >= 15 is 0 Å². The second kappa shape index (κ2) is 8.90. The molecule has 0 spiro atoms. The van der Waals surface area contributed by atoms with Crippen LogP contribution in [0, 0.1) is 6.92 Å². The molecule has 10 nitrogen and oxygen atoms in total. The normalized spacial score (nSPS) is 14.6. The number of piperazine rings is 1. The molecular weight excluding hydrogens is 468 g/mol. The minimum Gasteiger partial charge on any atom is -0.383 e. The van der Waals surface area contributed by atoms with Crippen molar-refractivity contribution in [3.8, 4) is 5.69 Å². The smallest absolute Gasteiger partial charge is 0.219 e. The summed E-state index contributed by atoms with van der Waals surface area (Å²) >= 11 is 0. The molecule has 188 valence electrons. The molecule has 0 radical (unpaired) electrons. The Kier molecular flexibility index (Phi) is 5.53. The summed E-state index contributed by atoms with van der Waals surface area (Å²) in [4.78, 5) is 40.1. The minimum absolute atomic E-state index is 0.129. The second-order valence-corrected chi connectivity index (χ2v) is 9.59. The molecule has 37 heavy (non-hydrogen) atoms. The minimum atomic E-state index is -0.208. The van der Waals surface area contributed by atoms with E-state index in [0.29, 0.717) is 11.3 Å². The molecule has 5 aromatic rings. The van der Waals surface area contributed by atoms with Crippen LogP contribution in [0.1, 0.15) is 34.4 Å². The lowest BCUT2D eigenvalue weighted by molar-refractivity contribution is -0.130. The SMILES string of the molecule is CC(=O)N1CCN(Cc2ccc3cc(C(=O)c4cnn(-c5ccc6nc(C)[nH]c6c5)c4N)[nH]c3c2)CC1. The molecule has 4 N–H and O–H groups in total. The molecule has 6 rings (SSSR count). The van der Waals surface area contributed by atoms with Crippen LogP contribution >= 0.6 is 0 Å². The van der Waals surface area contributed by atoms with Gasteiger partial charge in [0, 0.05) is 50.6 Å². The molecule has 1 aliphatic heterocycles. The monoisotopic (exact) mass is 496 g/mol. The summed E-state index contributed by atoms with van der Waals surface area (Å²) in [5.41, 5.74) is 11.7. The fourth-order valence-corrected chi connectivity index (χ4v) is 5.01. The van der Waals surface area contributed by atoms with Crippen molar-refractivity contribution in [2.24, 2.45) is 0 Å². The number of nitrogen functional groups attached to an aromatic ring is 1. The maximum atomic E-state index is 13.4. The Hall–Kier alpha value is -4.44. The standard InChI is InChI=1S/C27H28N8O2/c1-16-30-22-6-5-20(13-24(22)31-16)35-27(28)21(14-29-35)26(37)25-12-19-4-3-18(11-23(19)32-25)15-33-7-9-34(10-8-33)17(2)36/h3-6,11-14,32H,7-10,15,28H2,1-2H3,(H,30,31). The zero-order valence-corrected chi connectivity index (χ0v) is 20.8. The number of fused-ring (bicyclic) bond motifs is 2. The Bertz CT molecular complexity index is 1650. The van der Waals surface area contributed by atoms with Crippen LogP contribution in [-0.2, 0) is 11.3 Å².